The summed E-state index contributed by atoms with van der Waals surface area (Å²) < 4.78 is 9.48. The molecule has 4 nitrogen and oxygen atoms in total. The molecule has 250 valence electrons. The fraction of sp³-hybridized carbons (Fsp3) is 0. The molecule has 0 N–H and O–H groups in total. The molecule has 5 heteroatoms. The van der Waals surface area contributed by atoms with Crippen molar-refractivity contribution in [1.29, 1.82) is 5.26 Å². The second-order valence-corrected chi connectivity index (χ2v) is 15.1. The highest BCUT2D eigenvalue weighted by molar-refractivity contribution is 7.25. The number of nitrogens with zero attached hydrogens (tertiary/aromatic N) is 4. The summed E-state index contributed by atoms with van der Waals surface area (Å²) in [6.07, 6.45) is 0. The molecule has 0 saturated carbocycles. The van der Waals surface area contributed by atoms with Crippen molar-refractivity contribution >= 4 is 96.9 Å². The van der Waals surface area contributed by atoms with E-state index in [0.29, 0.717) is 5.56 Å². The third-order valence-electron chi connectivity index (χ3n) is 11.3. The van der Waals surface area contributed by atoms with Crippen LogP contribution >= 0.6 is 11.3 Å². The molecular formula is C49H28N4S. The summed E-state index contributed by atoms with van der Waals surface area (Å²) in [5.41, 5.74) is 10.1. The fourth-order valence-corrected chi connectivity index (χ4v) is 10.1. The first-order valence-electron chi connectivity index (χ1n) is 18.2. The van der Waals surface area contributed by atoms with Crippen LogP contribution < -0.4 is 0 Å². The Morgan fingerprint density at radius 1 is 0.352 bits per heavy atom. The third kappa shape index (κ3) is 3.90. The highest BCUT2D eigenvalue weighted by Gasteiger charge is 2.23. The van der Waals surface area contributed by atoms with Crippen LogP contribution in [0.3, 0.4) is 0 Å². The van der Waals surface area contributed by atoms with Gasteiger partial charge < -0.3 is 13.7 Å². The van der Waals surface area contributed by atoms with E-state index < -0.39 is 0 Å². The molecule has 0 aliphatic carbocycles. The molecule has 0 unspecified atom stereocenters. The summed E-state index contributed by atoms with van der Waals surface area (Å²) in [5.74, 6) is 0. The zero-order chi connectivity index (χ0) is 35.5. The number of para-hydroxylation sites is 4. The van der Waals surface area contributed by atoms with Gasteiger partial charge in [-0.05, 0) is 72.8 Å². The predicted molar refractivity (Wildman–Crippen MR) is 227 cm³/mol. The van der Waals surface area contributed by atoms with Crippen molar-refractivity contribution in [3.63, 3.8) is 0 Å². The zero-order valence-corrected chi connectivity index (χ0v) is 29.7. The molecule has 0 fully saturated rings. The van der Waals surface area contributed by atoms with Crippen molar-refractivity contribution < 1.29 is 0 Å². The normalized spacial score (nSPS) is 12.1. The summed E-state index contributed by atoms with van der Waals surface area (Å²) in [6, 6.07) is 63.4. The monoisotopic (exact) mass is 704 g/mol. The molecule has 12 rings (SSSR count). The molecule has 0 spiro atoms. The first kappa shape index (κ1) is 29.4. The van der Waals surface area contributed by atoms with Crippen LogP contribution in [0.5, 0.6) is 0 Å². The lowest BCUT2D eigenvalue weighted by Crippen LogP contribution is -2.04. The Morgan fingerprint density at radius 3 is 1.44 bits per heavy atom. The van der Waals surface area contributed by atoms with Gasteiger partial charge in [0.25, 0.3) is 0 Å². The van der Waals surface area contributed by atoms with Crippen molar-refractivity contribution in [3.05, 3.63) is 175 Å². The molecule has 4 aromatic heterocycles. The number of thiophene rings is 1. The van der Waals surface area contributed by atoms with Crippen molar-refractivity contribution in [2.24, 2.45) is 0 Å². The Labute approximate surface area is 313 Å². The molecule has 0 atom stereocenters. The smallest absolute Gasteiger partial charge is 0.104 e. The van der Waals surface area contributed by atoms with E-state index in [1.807, 2.05) is 11.3 Å². The number of nitriles is 1. The largest absolute Gasteiger partial charge is 0.309 e. The Bertz CT molecular complexity index is 3570. The van der Waals surface area contributed by atoms with Gasteiger partial charge in [-0.1, -0.05) is 97.1 Å². The van der Waals surface area contributed by atoms with Crippen LogP contribution in [0, 0.1) is 11.3 Å². The van der Waals surface area contributed by atoms with Crippen LogP contribution in [-0.2, 0) is 0 Å². The first-order chi connectivity index (χ1) is 26.8. The average molecular weight is 705 g/mol. The molecule has 0 saturated heterocycles. The number of aromatic nitrogens is 3. The molecule has 0 aliphatic rings. The maximum Gasteiger partial charge on any atom is 0.104 e. The number of fused-ring (bicyclic) bond motifs is 12. The summed E-state index contributed by atoms with van der Waals surface area (Å²) in [4.78, 5) is 0. The topological polar surface area (TPSA) is 38.6 Å². The highest BCUT2D eigenvalue weighted by atomic mass is 32.1. The molecule has 0 amide bonds. The van der Waals surface area contributed by atoms with Crippen LogP contribution in [0.15, 0.2) is 170 Å². The van der Waals surface area contributed by atoms with Gasteiger partial charge in [0.2, 0.25) is 0 Å². The van der Waals surface area contributed by atoms with Crippen LogP contribution in [-0.4, -0.2) is 13.7 Å². The van der Waals surface area contributed by atoms with Gasteiger partial charge in [-0.25, -0.2) is 0 Å². The Kier molecular flexibility index (Phi) is 5.97. The standard InChI is InChI=1S/C49H28N4S/c50-29-39-43(22-12-23-44(39)53-42-21-10-6-17-33(42)37-26-38-34-18-7-11-24-48(34)54-49(38)28-47(37)53)52-41-20-9-5-16-32(41)36-25-35-31-15-4-8-19-40(31)51(45(35)27-46(36)52)30-13-2-1-3-14-30/h1-28H. The minimum Gasteiger partial charge on any atom is -0.309 e. The second kappa shape index (κ2) is 10.9. The van der Waals surface area contributed by atoms with E-state index in [4.69, 9.17) is 0 Å². The minimum atomic E-state index is 0.628. The van der Waals surface area contributed by atoms with Gasteiger partial charge in [-0.15, -0.1) is 11.3 Å². The fourth-order valence-electron chi connectivity index (χ4n) is 9.01. The van der Waals surface area contributed by atoms with Gasteiger partial charge >= 0.3 is 0 Å². The predicted octanol–water partition coefficient (Wildman–Crippen LogP) is 13.2. The van der Waals surface area contributed by atoms with Crippen molar-refractivity contribution in [1.82, 2.24) is 13.7 Å². The van der Waals surface area contributed by atoms with Gasteiger partial charge in [-0.3, -0.25) is 0 Å². The lowest BCUT2D eigenvalue weighted by molar-refractivity contribution is 1.12. The van der Waals surface area contributed by atoms with Gasteiger partial charge in [-0.2, -0.15) is 5.26 Å². The molecule has 4 heterocycles. The molecule has 0 radical (unpaired) electrons. The molecule has 8 aromatic carbocycles. The van der Waals surface area contributed by atoms with Crippen molar-refractivity contribution in [2.75, 3.05) is 0 Å². The number of rotatable bonds is 3. The summed E-state index contributed by atoms with van der Waals surface area (Å²) in [5, 5.41) is 20.9. The summed E-state index contributed by atoms with van der Waals surface area (Å²) >= 11 is 1.82. The lowest BCUT2D eigenvalue weighted by atomic mass is 10.1. The lowest BCUT2D eigenvalue weighted by Gasteiger charge is -2.16. The maximum atomic E-state index is 11.2. The zero-order valence-electron chi connectivity index (χ0n) is 28.9. The second-order valence-electron chi connectivity index (χ2n) is 14.0. The van der Waals surface area contributed by atoms with E-state index >= 15 is 0 Å². The Morgan fingerprint density at radius 2 is 0.833 bits per heavy atom. The molecule has 0 aliphatic heterocycles. The molecule has 54 heavy (non-hydrogen) atoms. The Balaban J connectivity index is 1.19. The van der Waals surface area contributed by atoms with Gasteiger partial charge in [0.05, 0.1) is 44.5 Å². The average Bonchev–Trinajstić information content (AvgIpc) is 3.95. The molecular weight excluding hydrogens is 677 g/mol. The quantitative estimate of drug-likeness (QED) is 0.180. The van der Waals surface area contributed by atoms with Gasteiger partial charge in [0, 0.05) is 58.2 Å². The molecule has 0 bridgehead atoms. The summed E-state index contributed by atoms with van der Waals surface area (Å²) in [6.45, 7) is 0. The SMILES string of the molecule is N#Cc1c(-n2c3ccccc3c3cc4c(cc32)sc2ccccc24)cccc1-n1c2ccccc2c2cc3c4ccccc4n(-c4ccccc4)c3cc21. The van der Waals surface area contributed by atoms with E-state index in [-0.39, 0.29) is 0 Å². The summed E-state index contributed by atoms with van der Waals surface area (Å²) in [7, 11) is 0. The minimum absolute atomic E-state index is 0.628. The van der Waals surface area contributed by atoms with Crippen molar-refractivity contribution in [3.8, 4) is 23.1 Å². The van der Waals surface area contributed by atoms with E-state index in [9.17, 15) is 5.26 Å². The first-order valence-corrected chi connectivity index (χ1v) is 19.0. The number of hydrogen-bond donors (Lipinski definition) is 0. The Hall–Kier alpha value is -7.13. The van der Waals surface area contributed by atoms with E-state index in [1.165, 1.54) is 47.2 Å². The van der Waals surface area contributed by atoms with Crippen LogP contribution in [0.1, 0.15) is 5.56 Å². The van der Waals surface area contributed by atoms with Crippen LogP contribution in [0.2, 0.25) is 0 Å². The third-order valence-corrected chi connectivity index (χ3v) is 12.4. The van der Waals surface area contributed by atoms with E-state index in [1.54, 1.807) is 0 Å². The van der Waals surface area contributed by atoms with Crippen LogP contribution in [0.4, 0.5) is 0 Å². The molecule has 12 aromatic rings. The van der Waals surface area contributed by atoms with Crippen LogP contribution in [0.25, 0.3) is 103 Å². The number of hydrogen-bond acceptors (Lipinski definition) is 2. The number of benzene rings is 8. The van der Waals surface area contributed by atoms with Gasteiger partial charge in [0.1, 0.15) is 11.6 Å². The maximum absolute atomic E-state index is 11.2. The van der Waals surface area contributed by atoms with E-state index in [0.717, 1.165) is 55.4 Å². The van der Waals surface area contributed by atoms with E-state index in [2.05, 4.69) is 190 Å². The highest BCUT2D eigenvalue weighted by Crippen LogP contribution is 2.43. The van der Waals surface area contributed by atoms with Crippen molar-refractivity contribution in [2.45, 2.75) is 0 Å². The van der Waals surface area contributed by atoms with Gasteiger partial charge in [0.15, 0.2) is 0 Å².